The van der Waals surface area contributed by atoms with Crippen LogP contribution in [0.15, 0.2) is 78.9 Å². The zero-order valence-electron chi connectivity index (χ0n) is 18.2. The summed E-state index contributed by atoms with van der Waals surface area (Å²) in [4.78, 5) is 24.5. The normalized spacial score (nSPS) is 14.0. The van der Waals surface area contributed by atoms with Gasteiger partial charge in [0.25, 0.3) is 0 Å². The van der Waals surface area contributed by atoms with E-state index in [-0.39, 0.29) is 18.0 Å². The van der Waals surface area contributed by atoms with Gasteiger partial charge in [0.05, 0.1) is 11.1 Å². The lowest BCUT2D eigenvalue weighted by Crippen LogP contribution is -2.20. The number of hydrogen-bond acceptors (Lipinski definition) is 4. The van der Waals surface area contributed by atoms with Crippen molar-refractivity contribution in [3.8, 4) is 5.75 Å². The largest absolute Gasteiger partial charge is 0.459 e. The maximum absolute atomic E-state index is 12.3. The molecule has 1 fully saturated rings. The van der Waals surface area contributed by atoms with E-state index in [1.165, 1.54) is 12.0 Å². The molecule has 0 aliphatic heterocycles. The molecule has 4 rings (SSSR count). The molecular formula is C28H28O4. The van der Waals surface area contributed by atoms with Gasteiger partial charge in [-0.3, -0.25) is 0 Å². The summed E-state index contributed by atoms with van der Waals surface area (Å²) in [5, 5.41) is 0. The van der Waals surface area contributed by atoms with Crippen molar-refractivity contribution in [3.63, 3.8) is 0 Å². The minimum absolute atomic E-state index is 0.0749. The molecule has 0 heterocycles. The van der Waals surface area contributed by atoms with E-state index < -0.39 is 0 Å². The lowest BCUT2D eigenvalue weighted by atomic mass is 9.98. The van der Waals surface area contributed by atoms with Crippen LogP contribution in [-0.4, -0.2) is 18.0 Å². The van der Waals surface area contributed by atoms with Crippen LogP contribution in [0, 0.1) is 0 Å². The van der Waals surface area contributed by atoms with Gasteiger partial charge in [-0.05, 0) is 86.1 Å². The molecule has 0 radical (unpaired) electrons. The number of ether oxygens (including phenoxy) is 2. The summed E-state index contributed by atoms with van der Waals surface area (Å²) in [6, 6.07) is 24.2. The molecule has 0 unspecified atom stereocenters. The Labute approximate surface area is 189 Å². The summed E-state index contributed by atoms with van der Waals surface area (Å²) >= 11 is 0. The first-order chi connectivity index (χ1) is 15.7. The van der Waals surface area contributed by atoms with Gasteiger partial charge >= 0.3 is 11.9 Å². The third-order valence-electron chi connectivity index (χ3n) is 5.86. The molecule has 32 heavy (non-hydrogen) atoms. The van der Waals surface area contributed by atoms with E-state index in [0.29, 0.717) is 16.9 Å². The number of hydrogen-bond donors (Lipinski definition) is 0. The van der Waals surface area contributed by atoms with Gasteiger partial charge in [0.2, 0.25) is 0 Å². The van der Waals surface area contributed by atoms with Gasteiger partial charge in [-0.15, -0.1) is 0 Å². The quantitative estimate of drug-likeness (QED) is 0.333. The Kier molecular flexibility index (Phi) is 7.34. The van der Waals surface area contributed by atoms with E-state index in [9.17, 15) is 9.59 Å². The highest BCUT2D eigenvalue weighted by Crippen LogP contribution is 2.22. The molecule has 0 aromatic heterocycles. The third-order valence-corrected chi connectivity index (χ3v) is 5.86. The summed E-state index contributed by atoms with van der Waals surface area (Å²) in [6.45, 7) is 0. The predicted molar refractivity (Wildman–Crippen MR) is 124 cm³/mol. The number of carbonyl (C=O) groups excluding carboxylic acids is 2. The highest BCUT2D eigenvalue weighted by molar-refractivity contribution is 5.91. The fraction of sp³-hybridized carbons (Fsp3) is 0.286. The van der Waals surface area contributed by atoms with Gasteiger partial charge in [0.1, 0.15) is 11.9 Å². The molecule has 0 atom stereocenters. The Morgan fingerprint density at radius 2 is 1.22 bits per heavy atom. The molecule has 164 valence electrons. The summed E-state index contributed by atoms with van der Waals surface area (Å²) in [5.74, 6) is -0.0482. The monoisotopic (exact) mass is 428 g/mol. The average molecular weight is 429 g/mol. The maximum atomic E-state index is 12.3. The molecule has 3 aromatic rings. The topological polar surface area (TPSA) is 52.6 Å². The van der Waals surface area contributed by atoms with Crippen LogP contribution in [0.2, 0.25) is 0 Å². The zero-order valence-corrected chi connectivity index (χ0v) is 18.2. The second kappa shape index (κ2) is 10.8. The number of aryl methyl sites for hydroxylation is 2. The summed E-state index contributed by atoms with van der Waals surface area (Å²) in [6.07, 6.45) is 7.29. The van der Waals surface area contributed by atoms with Crippen LogP contribution >= 0.6 is 0 Å². The number of rotatable bonds is 7. The lowest BCUT2D eigenvalue weighted by Gasteiger charge is -2.21. The first kappa shape index (κ1) is 21.8. The highest BCUT2D eigenvalue weighted by Gasteiger charge is 2.18. The maximum Gasteiger partial charge on any atom is 0.343 e. The van der Waals surface area contributed by atoms with Gasteiger partial charge in [-0.2, -0.15) is 0 Å². The smallest absolute Gasteiger partial charge is 0.343 e. The van der Waals surface area contributed by atoms with Gasteiger partial charge in [0, 0.05) is 0 Å². The minimum atomic E-state index is -0.361. The first-order valence-corrected chi connectivity index (χ1v) is 11.3. The van der Waals surface area contributed by atoms with Crippen LogP contribution in [0.4, 0.5) is 0 Å². The SMILES string of the molecule is O=C(Oc1ccc(CCc2ccc(C(=O)OC3CCCCC3)cc2)cc1)c1ccccc1. The fourth-order valence-corrected chi connectivity index (χ4v) is 3.96. The fourth-order valence-electron chi connectivity index (χ4n) is 3.96. The van der Waals surface area contributed by atoms with Crippen molar-refractivity contribution in [1.82, 2.24) is 0 Å². The van der Waals surface area contributed by atoms with E-state index in [4.69, 9.17) is 9.47 Å². The molecule has 0 amide bonds. The van der Waals surface area contributed by atoms with E-state index in [0.717, 1.165) is 44.1 Å². The summed E-state index contributed by atoms with van der Waals surface area (Å²) < 4.78 is 11.1. The Morgan fingerprint density at radius 1 is 0.656 bits per heavy atom. The number of carbonyl (C=O) groups is 2. The minimum Gasteiger partial charge on any atom is -0.459 e. The Bertz CT molecular complexity index is 1020. The Hall–Kier alpha value is -3.40. The van der Waals surface area contributed by atoms with Gasteiger partial charge in [-0.1, -0.05) is 48.9 Å². The van der Waals surface area contributed by atoms with E-state index in [1.54, 1.807) is 12.1 Å². The van der Waals surface area contributed by atoms with Gasteiger partial charge < -0.3 is 9.47 Å². The van der Waals surface area contributed by atoms with Gasteiger partial charge in [0.15, 0.2) is 0 Å². The number of benzene rings is 3. The van der Waals surface area contributed by atoms with Crippen LogP contribution in [0.3, 0.4) is 0 Å². The van der Waals surface area contributed by atoms with Crippen LogP contribution in [0.1, 0.15) is 63.9 Å². The molecule has 0 bridgehead atoms. The van der Waals surface area contributed by atoms with E-state index in [1.807, 2.05) is 66.7 Å². The average Bonchev–Trinajstić information content (AvgIpc) is 2.85. The van der Waals surface area contributed by atoms with Crippen molar-refractivity contribution in [2.24, 2.45) is 0 Å². The van der Waals surface area contributed by atoms with Crippen LogP contribution < -0.4 is 4.74 Å². The standard InChI is InChI=1S/C28H28O4/c29-27(23-7-3-1-4-8-23)32-26-19-15-22(16-20-26)12-11-21-13-17-24(18-14-21)28(30)31-25-9-5-2-6-10-25/h1,3-4,7-8,13-20,25H,2,5-6,9-12H2. The van der Waals surface area contributed by atoms with Crippen LogP contribution in [-0.2, 0) is 17.6 Å². The highest BCUT2D eigenvalue weighted by atomic mass is 16.5. The van der Waals surface area contributed by atoms with Crippen molar-refractivity contribution >= 4 is 11.9 Å². The Morgan fingerprint density at radius 3 is 1.84 bits per heavy atom. The molecular weight excluding hydrogens is 400 g/mol. The molecule has 0 spiro atoms. The van der Waals surface area contributed by atoms with Crippen molar-refractivity contribution < 1.29 is 19.1 Å². The molecule has 1 aliphatic rings. The molecule has 4 nitrogen and oxygen atoms in total. The number of esters is 2. The van der Waals surface area contributed by atoms with Crippen molar-refractivity contribution in [2.45, 2.75) is 51.0 Å². The second-order valence-corrected chi connectivity index (χ2v) is 8.26. The second-order valence-electron chi connectivity index (χ2n) is 8.26. The molecule has 0 saturated heterocycles. The molecule has 3 aromatic carbocycles. The van der Waals surface area contributed by atoms with Crippen molar-refractivity contribution in [2.75, 3.05) is 0 Å². The summed E-state index contributed by atoms with van der Waals surface area (Å²) in [7, 11) is 0. The van der Waals surface area contributed by atoms with Crippen LogP contribution in [0.5, 0.6) is 5.75 Å². The summed E-state index contributed by atoms with van der Waals surface area (Å²) in [5.41, 5.74) is 3.47. The third kappa shape index (κ3) is 6.07. The first-order valence-electron chi connectivity index (χ1n) is 11.3. The zero-order chi connectivity index (χ0) is 22.2. The molecule has 1 aliphatic carbocycles. The Balaban J connectivity index is 1.26. The van der Waals surface area contributed by atoms with Crippen molar-refractivity contribution in [3.05, 3.63) is 101 Å². The van der Waals surface area contributed by atoms with E-state index >= 15 is 0 Å². The predicted octanol–water partition coefficient (Wildman–Crippen LogP) is 6.18. The molecule has 1 saturated carbocycles. The van der Waals surface area contributed by atoms with Crippen molar-refractivity contribution in [1.29, 1.82) is 0 Å². The van der Waals surface area contributed by atoms with Crippen LogP contribution in [0.25, 0.3) is 0 Å². The lowest BCUT2D eigenvalue weighted by molar-refractivity contribution is 0.0211. The van der Waals surface area contributed by atoms with E-state index in [2.05, 4.69) is 0 Å². The molecule has 4 heteroatoms. The molecule has 0 N–H and O–H groups in total. The van der Waals surface area contributed by atoms with Gasteiger partial charge in [-0.25, -0.2) is 9.59 Å².